The van der Waals surface area contributed by atoms with E-state index >= 15 is 0 Å². The molecule has 2 saturated heterocycles. The maximum absolute atomic E-state index is 5.78. The minimum atomic E-state index is 0.129. The molecule has 128 valence electrons. The van der Waals surface area contributed by atoms with E-state index in [-0.39, 0.29) is 12.1 Å². The Bertz CT molecular complexity index is 656. The predicted octanol–water partition coefficient (Wildman–Crippen LogP) is 2.35. The topological polar surface area (TPSA) is 56.1 Å². The van der Waals surface area contributed by atoms with Crippen molar-refractivity contribution in [3.05, 3.63) is 41.2 Å². The van der Waals surface area contributed by atoms with Crippen LogP contribution >= 0.6 is 0 Å². The highest BCUT2D eigenvalue weighted by atomic mass is 16.5. The maximum atomic E-state index is 5.78. The fraction of sp³-hybridized carbons (Fsp3) is 0.611. The summed E-state index contributed by atoms with van der Waals surface area (Å²) in [7, 11) is 0. The molecule has 6 nitrogen and oxygen atoms in total. The first kappa shape index (κ1) is 15.7. The van der Waals surface area contributed by atoms with Crippen LogP contribution in [0.2, 0.25) is 0 Å². The molecule has 1 aromatic carbocycles. The van der Waals surface area contributed by atoms with Gasteiger partial charge in [-0.2, -0.15) is 0 Å². The molecule has 24 heavy (non-hydrogen) atoms. The Kier molecular flexibility index (Phi) is 4.58. The number of aromatic nitrogens is 4. The highest BCUT2D eigenvalue weighted by molar-refractivity contribution is 5.28. The molecular weight excluding hydrogens is 302 g/mol. The molecule has 4 rings (SSSR count). The molecule has 0 unspecified atom stereocenters. The van der Waals surface area contributed by atoms with E-state index in [0.717, 1.165) is 44.9 Å². The fourth-order valence-corrected chi connectivity index (χ4v) is 3.79. The summed E-state index contributed by atoms with van der Waals surface area (Å²) < 4.78 is 7.74. The smallest absolute Gasteiger partial charge is 0.173 e. The van der Waals surface area contributed by atoms with Gasteiger partial charge in [0.1, 0.15) is 0 Å². The lowest BCUT2D eigenvalue weighted by molar-refractivity contribution is 0.0913. The van der Waals surface area contributed by atoms with Gasteiger partial charge in [0.15, 0.2) is 5.82 Å². The number of hydrogen-bond donors (Lipinski definition) is 0. The lowest BCUT2D eigenvalue weighted by Crippen LogP contribution is -2.30. The number of benzene rings is 1. The van der Waals surface area contributed by atoms with E-state index in [9.17, 15) is 0 Å². The quantitative estimate of drug-likeness (QED) is 0.844. The molecule has 0 spiro atoms. The molecule has 0 amide bonds. The van der Waals surface area contributed by atoms with Crippen molar-refractivity contribution in [3.63, 3.8) is 0 Å². The summed E-state index contributed by atoms with van der Waals surface area (Å²) in [6.45, 7) is 5.93. The molecule has 0 radical (unpaired) electrons. The van der Waals surface area contributed by atoms with E-state index in [4.69, 9.17) is 4.74 Å². The monoisotopic (exact) mass is 327 g/mol. The van der Waals surface area contributed by atoms with E-state index in [1.54, 1.807) is 0 Å². The van der Waals surface area contributed by atoms with Crippen molar-refractivity contribution >= 4 is 0 Å². The Balaban J connectivity index is 1.65. The van der Waals surface area contributed by atoms with Crippen LogP contribution in [0.3, 0.4) is 0 Å². The van der Waals surface area contributed by atoms with Crippen molar-refractivity contribution < 1.29 is 4.74 Å². The van der Waals surface area contributed by atoms with Crippen LogP contribution in [0.15, 0.2) is 24.3 Å². The SMILES string of the molecule is Cc1ccc([C@@H](c2nnnn2C[C@H]2CCCO2)N2CCCC2)cc1. The van der Waals surface area contributed by atoms with Crippen LogP contribution in [0.1, 0.15) is 48.7 Å². The van der Waals surface area contributed by atoms with Gasteiger partial charge in [0, 0.05) is 6.61 Å². The number of nitrogens with zero attached hydrogens (tertiary/aromatic N) is 5. The van der Waals surface area contributed by atoms with Gasteiger partial charge in [-0.25, -0.2) is 4.68 Å². The Morgan fingerprint density at radius 3 is 2.67 bits per heavy atom. The highest BCUT2D eigenvalue weighted by Crippen LogP contribution is 2.30. The van der Waals surface area contributed by atoms with Crippen molar-refractivity contribution in [3.8, 4) is 0 Å². The van der Waals surface area contributed by atoms with Gasteiger partial charge < -0.3 is 4.74 Å². The molecule has 2 fully saturated rings. The van der Waals surface area contributed by atoms with Crippen LogP contribution in [0.5, 0.6) is 0 Å². The number of likely N-dealkylation sites (tertiary alicyclic amines) is 1. The van der Waals surface area contributed by atoms with Gasteiger partial charge in [0.25, 0.3) is 0 Å². The molecule has 0 aliphatic carbocycles. The first-order chi connectivity index (χ1) is 11.8. The van der Waals surface area contributed by atoms with E-state index in [0.29, 0.717) is 0 Å². The van der Waals surface area contributed by atoms with Crippen LogP contribution in [0, 0.1) is 6.92 Å². The minimum absolute atomic E-state index is 0.129. The number of aryl methyl sites for hydroxylation is 1. The van der Waals surface area contributed by atoms with Gasteiger partial charge in [-0.3, -0.25) is 4.90 Å². The van der Waals surface area contributed by atoms with Gasteiger partial charge in [-0.05, 0) is 61.7 Å². The summed E-state index contributed by atoms with van der Waals surface area (Å²) in [5, 5.41) is 12.7. The summed E-state index contributed by atoms with van der Waals surface area (Å²) in [5.74, 6) is 0.941. The summed E-state index contributed by atoms with van der Waals surface area (Å²) in [6.07, 6.45) is 4.96. The molecular formula is C18H25N5O. The zero-order valence-electron chi connectivity index (χ0n) is 14.3. The van der Waals surface area contributed by atoms with Crippen LogP contribution in [-0.2, 0) is 11.3 Å². The van der Waals surface area contributed by atoms with Crippen LogP contribution < -0.4 is 0 Å². The van der Waals surface area contributed by atoms with Crippen molar-refractivity contribution in [2.75, 3.05) is 19.7 Å². The molecule has 6 heteroatoms. The van der Waals surface area contributed by atoms with Gasteiger partial charge in [-0.15, -0.1) is 5.10 Å². The first-order valence-electron chi connectivity index (χ1n) is 8.99. The van der Waals surface area contributed by atoms with Crippen LogP contribution in [-0.4, -0.2) is 50.9 Å². The summed E-state index contributed by atoms with van der Waals surface area (Å²) in [4.78, 5) is 2.50. The van der Waals surface area contributed by atoms with Crippen LogP contribution in [0.4, 0.5) is 0 Å². The van der Waals surface area contributed by atoms with E-state index in [2.05, 4.69) is 51.6 Å². The van der Waals surface area contributed by atoms with Crippen molar-refractivity contribution in [2.45, 2.75) is 51.3 Å². The molecule has 2 atom stereocenters. The molecule has 0 saturated carbocycles. The number of rotatable bonds is 5. The largest absolute Gasteiger partial charge is 0.376 e. The Hall–Kier alpha value is -1.79. The Morgan fingerprint density at radius 1 is 1.17 bits per heavy atom. The second-order valence-electron chi connectivity index (χ2n) is 6.91. The summed E-state index contributed by atoms with van der Waals surface area (Å²) in [6, 6.07) is 8.90. The van der Waals surface area contributed by atoms with E-state index in [1.165, 1.54) is 24.0 Å². The lowest BCUT2D eigenvalue weighted by atomic mass is 10.0. The number of ether oxygens (including phenoxy) is 1. The zero-order chi connectivity index (χ0) is 16.4. The molecule has 3 heterocycles. The Labute approximate surface area is 142 Å². The van der Waals surface area contributed by atoms with E-state index in [1.807, 2.05) is 4.68 Å². The van der Waals surface area contributed by atoms with E-state index < -0.39 is 0 Å². The summed E-state index contributed by atoms with van der Waals surface area (Å²) >= 11 is 0. The minimum Gasteiger partial charge on any atom is -0.376 e. The average molecular weight is 327 g/mol. The molecule has 2 aromatic rings. The van der Waals surface area contributed by atoms with Crippen molar-refractivity contribution in [1.82, 2.24) is 25.1 Å². The lowest BCUT2D eigenvalue weighted by Gasteiger charge is -2.27. The first-order valence-corrected chi connectivity index (χ1v) is 8.99. The molecule has 2 aliphatic heterocycles. The zero-order valence-corrected chi connectivity index (χ0v) is 14.3. The third-order valence-electron chi connectivity index (χ3n) is 5.10. The molecule has 2 aliphatic rings. The second kappa shape index (κ2) is 6.99. The van der Waals surface area contributed by atoms with Gasteiger partial charge in [-0.1, -0.05) is 29.8 Å². The third kappa shape index (κ3) is 3.21. The maximum Gasteiger partial charge on any atom is 0.173 e. The van der Waals surface area contributed by atoms with Gasteiger partial charge >= 0.3 is 0 Å². The standard InChI is InChI=1S/C18H25N5O/c1-14-6-8-15(9-7-14)17(22-10-2-3-11-22)18-19-20-21-23(18)13-16-5-4-12-24-16/h6-9,16-17H,2-5,10-13H2,1H3/t16-,17+/m1/s1. The van der Waals surface area contributed by atoms with Crippen molar-refractivity contribution in [1.29, 1.82) is 0 Å². The highest BCUT2D eigenvalue weighted by Gasteiger charge is 2.30. The summed E-state index contributed by atoms with van der Waals surface area (Å²) in [5.41, 5.74) is 2.55. The van der Waals surface area contributed by atoms with Crippen LogP contribution in [0.25, 0.3) is 0 Å². The predicted molar refractivity (Wildman–Crippen MR) is 90.6 cm³/mol. The third-order valence-corrected chi connectivity index (χ3v) is 5.10. The molecule has 0 bridgehead atoms. The molecule has 1 aromatic heterocycles. The Morgan fingerprint density at radius 2 is 1.96 bits per heavy atom. The van der Waals surface area contributed by atoms with Gasteiger partial charge in [0.2, 0.25) is 0 Å². The van der Waals surface area contributed by atoms with Crippen molar-refractivity contribution in [2.24, 2.45) is 0 Å². The van der Waals surface area contributed by atoms with Gasteiger partial charge in [0.05, 0.1) is 18.7 Å². The second-order valence-corrected chi connectivity index (χ2v) is 6.91. The average Bonchev–Trinajstić information content (AvgIpc) is 3.34. The normalized spacial score (nSPS) is 23.0. The number of tetrazole rings is 1. The fourth-order valence-electron chi connectivity index (χ4n) is 3.79. The molecule has 0 N–H and O–H groups in total. The number of hydrogen-bond acceptors (Lipinski definition) is 5.